The molecule has 0 amide bonds. The third-order valence-corrected chi connectivity index (χ3v) is 3.79. The highest BCUT2D eigenvalue weighted by Gasteiger charge is 2.31. The van der Waals surface area contributed by atoms with E-state index in [0.717, 1.165) is 10.9 Å². The minimum Gasteiger partial charge on any atom is -0.481 e. The van der Waals surface area contributed by atoms with Crippen LogP contribution in [0.1, 0.15) is 12.0 Å². The van der Waals surface area contributed by atoms with Crippen LogP contribution in [0.3, 0.4) is 0 Å². The van der Waals surface area contributed by atoms with Crippen LogP contribution in [-0.2, 0) is 11.2 Å². The number of carboxylic acid groups (broad SMARTS) is 1. The Morgan fingerprint density at radius 2 is 1.74 bits per heavy atom. The van der Waals surface area contributed by atoms with Gasteiger partial charge in [-0.25, -0.2) is 4.98 Å². The number of pyridine rings is 1. The van der Waals surface area contributed by atoms with Gasteiger partial charge in [-0.2, -0.15) is 0 Å². The van der Waals surface area contributed by atoms with Gasteiger partial charge in [0.15, 0.2) is 0 Å². The van der Waals surface area contributed by atoms with Crippen molar-refractivity contribution in [3.8, 4) is 17.0 Å². The summed E-state index contributed by atoms with van der Waals surface area (Å²) in [4.78, 5) is 15.4. The molecule has 1 heterocycles. The summed E-state index contributed by atoms with van der Waals surface area (Å²) in [6.07, 6.45) is -4.43. The molecule has 0 spiro atoms. The summed E-state index contributed by atoms with van der Waals surface area (Å²) in [5, 5.41) is 9.79. The Morgan fingerprint density at radius 1 is 1.07 bits per heavy atom. The molecule has 142 valence electrons. The number of carbonyl (C=O) groups is 1. The minimum absolute atomic E-state index is 0. The van der Waals surface area contributed by atoms with Crippen LogP contribution in [0.2, 0.25) is 0 Å². The van der Waals surface area contributed by atoms with E-state index in [2.05, 4.69) is 9.72 Å². The smallest absolute Gasteiger partial charge is 0.481 e. The molecule has 0 aliphatic carbocycles. The normalized spacial score (nSPS) is 11.1. The molecule has 8 heteroatoms. The van der Waals surface area contributed by atoms with Gasteiger partial charge in [0.2, 0.25) is 0 Å². The summed E-state index contributed by atoms with van der Waals surface area (Å²) in [7, 11) is 0. The molecule has 1 aromatic heterocycles. The van der Waals surface area contributed by atoms with E-state index in [1.165, 1.54) is 24.3 Å². The van der Waals surface area contributed by atoms with Crippen LogP contribution in [0, 0.1) is 0 Å². The maximum Gasteiger partial charge on any atom is 0.573 e. The van der Waals surface area contributed by atoms with E-state index in [9.17, 15) is 18.0 Å². The first-order valence-corrected chi connectivity index (χ1v) is 7.78. The number of benzene rings is 2. The van der Waals surface area contributed by atoms with Gasteiger partial charge >= 0.3 is 12.3 Å². The van der Waals surface area contributed by atoms with Crippen molar-refractivity contribution in [3.63, 3.8) is 0 Å². The molecule has 0 aliphatic heterocycles. The first kappa shape index (κ1) is 20.5. The fourth-order valence-corrected chi connectivity index (χ4v) is 2.67. The van der Waals surface area contributed by atoms with E-state index in [4.69, 9.17) is 5.11 Å². The third kappa shape index (κ3) is 5.34. The van der Waals surface area contributed by atoms with Crippen molar-refractivity contribution in [2.45, 2.75) is 19.2 Å². The van der Waals surface area contributed by atoms with Crippen molar-refractivity contribution in [1.82, 2.24) is 4.98 Å². The number of nitrogens with zero attached hydrogens (tertiary/aromatic N) is 1. The minimum atomic E-state index is -4.74. The standard InChI is InChI=1S/C19H14F3NO3.ClH/c20-19(21,22)26-14-8-5-12(6-9-14)17-11-13(7-10-18(24)25)15-3-1-2-4-16(15)23-17;/h1-6,8-9,11H,7,10H2,(H,24,25);1H. The average molecular weight is 398 g/mol. The molecule has 0 bridgehead atoms. The third-order valence-electron chi connectivity index (χ3n) is 3.79. The summed E-state index contributed by atoms with van der Waals surface area (Å²) < 4.78 is 40.6. The molecule has 3 rings (SSSR count). The van der Waals surface area contributed by atoms with E-state index in [1.54, 1.807) is 6.07 Å². The highest BCUT2D eigenvalue weighted by atomic mass is 35.5. The Labute approximate surface area is 159 Å². The number of carboxylic acids is 1. The summed E-state index contributed by atoms with van der Waals surface area (Å²) in [5.74, 6) is -1.21. The van der Waals surface area contributed by atoms with Gasteiger partial charge in [-0.3, -0.25) is 4.79 Å². The SMILES string of the molecule is Cl.O=C(O)CCc1cc(-c2ccc(OC(F)(F)F)cc2)nc2ccccc12. The van der Waals surface area contributed by atoms with E-state index in [1.807, 2.05) is 24.3 Å². The van der Waals surface area contributed by atoms with Crippen molar-refractivity contribution in [1.29, 1.82) is 0 Å². The molecule has 0 radical (unpaired) electrons. The van der Waals surface area contributed by atoms with Crippen molar-refractivity contribution < 1.29 is 27.8 Å². The molecule has 0 aliphatic rings. The second-order valence-corrected chi connectivity index (χ2v) is 5.65. The monoisotopic (exact) mass is 397 g/mol. The summed E-state index contributed by atoms with van der Waals surface area (Å²) in [6, 6.07) is 14.5. The molecule has 27 heavy (non-hydrogen) atoms. The zero-order valence-corrected chi connectivity index (χ0v) is 14.7. The number of aromatic nitrogens is 1. The highest BCUT2D eigenvalue weighted by Crippen LogP contribution is 2.28. The quantitative estimate of drug-likeness (QED) is 0.639. The fourth-order valence-electron chi connectivity index (χ4n) is 2.67. The molecule has 4 nitrogen and oxygen atoms in total. The van der Waals surface area contributed by atoms with Gasteiger partial charge in [-0.1, -0.05) is 18.2 Å². The van der Waals surface area contributed by atoms with E-state index in [0.29, 0.717) is 23.2 Å². The Balaban J connectivity index is 0.00000261. The second-order valence-electron chi connectivity index (χ2n) is 5.65. The van der Waals surface area contributed by atoms with E-state index >= 15 is 0 Å². The average Bonchev–Trinajstić information content (AvgIpc) is 2.58. The molecule has 0 saturated heterocycles. The van der Waals surface area contributed by atoms with Gasteiger partial charge in [0.25, 0.3) is 0 Å². The molecule has 2 aromatic carbocycles. The Bertz CT molecular complexity index is 943. The predicted molar refractivity (Wildman–Crippen MR) is 97.1 cm³/mol. The lowest BCUT2D eigenvalue weighted by Crippen LogP contribution is -2.16. The number of rotatable bonds is 5. The lowest BCUT2D eigenvalue weighted by molar-refractivity contribution is -0.274. The van der Waals surface area contributed by atoms with Gasteiger partial charge in [-0.15, -0.1) is 25.6 Å². The van der Waals surface area contributed by atoms with Gasteiger partial charge in [0.1, 0.15) is 5.75 Å². The maximum atomic E-state index is 12.3. The number of aryl methyl sites for hydroxylation is 1. The van der Waals surface area contributed by atoms with Crippen LogP contribution >= 0.6 is 12.4 Å². The fraction of sp³-hybridized carbons (Fsp3) is 0.158. The molecule has 0 fully saturated rings. The number of hydrogen-bond donors (Lipinski definition) is 1. The Hall–Kier alpha value is -2.80. The van der Waals surface area contributed by atoms with Crippen molar-refractivity contribution >= 4 is 29.3 Å². The molecule has 3 aromatic rings. The molecule has 0 atom stereocenters. The summed E-state index contributed by atoms with van der Waals surface area (Å²) in [5.41, 5.74) is 2.69. The zero-order chi connectivity index (χ0) is 18.7. The topological polar surface area (TPSA) is 59.4 Å². The number of ether oxygens (including phenoxy) is 1. The van der Waals surface area contributed by atoms with Crippen LogP contribution in [0.5, 0.6) is 5.75 Å². The van der Waals surface area contributed by atoms with Gasteiger partial charge in [0, 0.05) is 17.4 Å². The molecule has 0 unspecified atom stereocenters. The van der Waals surface area contributed by atoms with Crippen molar-refractivity contribution in [2.75, 3.05) is 0 Å². The molecule has 0 saturated carbocycles. The van der Waals surface area contributed by atoms with Gasteiger partial charge in [0.05, 0.1) is 11.2 Å². The Morgan fingerprint density at radius 3 is 2.37 bits per heavy atom. The number of para-hydroxylation sites is 1. The van der Waals surface area contributed by atoms with Gasteiger partial charge in [-0.05, 0) is 48.4 Å². The second kappa shape index (κ2) is 8.26. The lowest BCUT2D eigenvalue weighted by atomic mass is 10.0. The number of aliphatic carboxylic acids is 1. The largest absolute Gasteiger partial charge is 0.573 e. The van der Waals surface area contributed by atoms with Crippen LogP contribution < -0.4 is 4.74 Å². The van der Waals surface area contributed by atoms with Crippen LogP contribution in [0.25, 0.3) is 22.2 Å². The van der Waals surface area contributed by atoms with Crippen molar-refractivity contribution in [2.24, 2.45) is 0 Å². The first-order chi connectivity index (χ1) is 12.3. The Kier molecular flexibility index (Phi) is 6.28. The van der Waals surface area contributed by atoms with Crippen molar-refractivity contribution in [3.05, 3.63) is 60.2 Å². The molecular formula is C19H15ClF3NO3. The number of halogens is 4. The van der Waals surface area contributed by atoms with Crippen LogP contribution in [0.4, 0.5) is 13.2 Å². The predicted octanol–water partition coefficient (Wildman–Crippen LogP) is 5.24. The van der Waals surface area contributed by atoms with E-state index < -0.39 is 12.3 Å². The molecule has 1 N–H and O–H groups in total. The summed E-state index contributed by atoms with van der Waals surface area (Å²) in [6.45, 7) is 0. The summed E-state index contributed by atoms with van der Waals surface area (Å²) >= 11 is 0. The highest BCUT2D eigenvalue weighted by molar-refractivity contribution is 5.86. The first-order valence-electron chi connectivity index (χ1n) is 7.78. The number of alkyl halides is 3. The van der Waals surface area contributed by atoms with E-state index in [-0.39, 0.29) is 24.6 Å². The number of hydrogen-bond acceptors (Lipinski definition) is 3. The maximum absolute atomic E-state index is 12.3. The van der Waals surface area contributed by atoms with Gasteiger partial charge < -0.3 is 9.84 Å². The zero-order valence-electron chi connectivity index (χ0n) is 13.9. The van der Waals surface area contributed by atoms with Crippen LogP contribution in [0.15, 0.2) is 54.6 Å². The lowest BCUT2D eigenvalue weighted by Gasteiger charge is -2.11. The van der Waals surface area contributed by atoms with Crippen LogP contribution in [-0.4, -0.2) is 22.4 Å². The molecular weight excluding hydrogens is 383 g/mol. The number of fused-ring (bicyclic) bond motifs is 1.